The minimum atomic E-state index is -5.08. The molecule has 0 unspecified atom stereocenters. The van der Waals surface area contributed by atoms with Gasteiger partial charge in [0.15, 0.2) is 0 Å². The number of carbonyl (C=O) groups excluding carboxylic acids is 1. The Morgan fingerprint density at radius 1 is 1.50 bits per heavy atom. The lowest BCUT2D eigenvalue weighted by Crippen LogP contribution is -2.37. The molecule has 1 amide bonds. The molecule has 3 heterocycles. The fourth-order valence-electron chi connectivity index (χ4n) is 3.09. The van der Waals surface area contributed by atoms with Crippen molar-refractivity contribution in [2.75, 3.05) is 26.8 Å². The van der Waals surface area contributed by atoms with Crippen LogP contribution in [0.15, 0.2) is 11.6 Å². The first-order chi connectivity index (χ1) is 13.2. The van der Waals surface area contributed by atoms with Crippen LogP contribution in [0.25, 0.3) is 0 Å². The first kappa shape index (κ1) is 22.5. The van der Waals surface area contributed by atoms with Crippen molar-refractivity contribution in [1.82, 2.24) is 15.2 Å². The summed E-state index contributed by atoms with van der Waals surface area (Å²) < 4.78 is 42.6. The molecule has 1 aromatic rings. The third-order valence-corrected chi connectivity index (χ3v) is 5.12. The Morgan fingerprint density at radius 2 is 2.21 bits per heavy atom. The second-order valence-electron chi connectivity index (χ2n) is 6.24. The molecule has 2 fully saturated rings. The average Bonchev–Trinajstić information content (AvgIpc) is 3.34. The van der Waals surface area contributed by atoms with Crippen LogP contribution in [-0.2, 0) is 25.6 Å². The molecular formula is C16H22F3N3O5S. The number of aromatic nitrogens is 1. The lowest BCUT2D eigenvalue weighted by molar-refractivity contribution is -0.192. The van der Waals surface area contributed by atoms with Crippen molar-refractivity contribution in [2.24, 2.45) is 0 Å². The van der Waals surface area contributed by atoms with Crippen LogP contribution in [0.1, 0.15) is 17.8 Å². The number of ether oxygens (including phenoxy) is 2. The second kappa shape index (κ2) is 10.1. The van der Waals surface area contributed by atoms with Gasteiger partial charge in [-0.2, -0.15) is 13.2 Å². The summed E-state index contributed by atoms with van der Waals surface area (Å²) in [5, 5.41) is 13.1. The van der Waals surface area contributed by atoms with Crippen LogP contribution >= 0.6 is 11.3 Å². The number of thiazole rings is 1. The number of halogens is 3. The number of alkyl halides is 3. The molecule has 0 aromatic carbocycles. The highest BCUT2D eigenvalue weighted by atomic mass is 32.1. The molecule has 8 nitrogen and oxygen atoms in total. The highest BCUT2D eigenvalue weighted by Gasteiger charge is 2.45. The summed E-state index contributed by atoms with van der Waals surface area (Å²) in [6.45, 7) is 2.95. The number of hydrogen-bond donors (Lipinski definition) is 2. The lowest BCUT2D eigenvalue weighted by atomic mass is 10.1. The van der Waals surface area contributed by atoms with E-state index in [0.717, 1.165) is 30.9 Å². The molecule has 158 valence electrons. The Hall–Kier alpha value is -1.76. The maximum absolute atomic E-state index is 12.1. The minimum absolute atomic E-state index is 0.0179. The first-order valence-electron chi connectivity index (χ1n) is 8.57. The smallest absolute Gasteiger partial charge is 0.475 e. The van der Waals surface area contributed by atoms with Crippen molar-refractivity contribution in [3.63, 3.8) is 0 Å². The molecule has 2 aliphatic rings. The number of fused-ring (bicyclic) bond motifs is 1. The normalized spacial score (nSPS) is 24.4. The Bertz CT molecular complexity index is 644. The summed E-state index contributed by atoms with van der Waals surface area (Å²) >= 11 is 1.68. The van der Waals surface area contributed by atoms with Gasteiger partial charge in [0.25, 0.3) is 0 Å². The van der Waals surface area contributed by atoms with E-state index < -0.39 is 12.1 Å². The number of rotatable bonds is 6. The molecule has 2 N–H and O–H groups in total. The van der Waals surface area contributed by atoms with Gasteiger partial charge in [-0.3, -0.25) is 9.69 Å². The topological polar surface area (TPSA) is 101 Å². The largest absolute Gasteiger partial charge is 0.490 e. The van der Waals surface area contributed by atoms with Crippen molar-refractivity contribution < 1.29 is 37.3 Å². The lowest BCUT2D eigenvalue weighted by Gasteiger charge is -2.21. The maximum atomic E-state index is 12.1. The molecule has 0 aliphatic carbocycles. The number of hydrogen-bond acceptors (Lipinski definition) is 7. The molecule has 0 radical (unpaired) electrons. The molecule has 28 heavy (non-hydrogen) atoms. The van der Waals surface area contributed by atoms with E-state index in [2.05, 4.69) is 15.2 Å². The summed E-state index contributed by atoms with van der Waals surface area (Å²) in [6, 6.07) is 0.340. The van der Waals surface area contributed by atoms with Crippen LogP contribution in [0, 0.1) is 0 Å². The molecule has 3 atom stereocenters. The SMILES string of the molecule is COCCNC(=O)[C@@H]1C[C@@H]2[C@@H](CCN2Cc2nccs2)O1.O=C(O)C(F)(F)F. The molecule has 1 aromatic heterocycles. The summed E-state index contributed by atoms with van der Waals surface area (Å²) in [5.41, 5.74) is 0. The standard InChI is InChI=1S/C14H21N3O3S.C2HF3O2/c1-19-6-3-16-14(18)12-8-10-11(20-12)2-5-17(10)9-13-15-4-7-21-13;3-2(4,5)1(6)7/h4,7,10-12H,2-3,5-6,8-9H2,1H3,(H,16,18);(H,6,7)/t10-,11-,12+;/m1./s1. The Labute approximate surface area is 163 Å². The van der Waals surface area contributed by atoms with Crippen LogP contribution in [-0.4, -0.2) is 78.1 Å². The van der Waals surface area contributed by atoms with E-state index in [1.807, 2.05) is 11.6 Å². The number of carbonyl (C=O) groups is 2. The first-order valence-corrected chi connectivity index (χ1v) is 9.45. The number of carboxylic acids is 1. The number of methoxy groups -OCH3 is 1. The number of aliphatic carboxylic acids is 1. The van der Waals surface area contributed by atoms with E-state index in [9.17, 15) is 18.0 Å². The Morgan fingerprint density at radius 3 is 2.79 bits per heavy atom. The summed E-state index contributed by atoms with van der Waals surface area (Å²) in [5.74, 6) is -2.77. The predicted octanol–water partition coefficient (Wildman–Crippen LogP) is 1.27. The van der Waals surface area contributed by atoms with Gasteiger partial charge in [-0.25, -0.2) is 9.78 Å². The van der Waals surface area contributed by atoms with E-state index in [-0.39, 0.29) is 18.1 Å². The summed E-state index contributed by atoms with van der Waals surface area (Å²) in [7, 11) is 1.62. The molecule has 3 rings (SSSR count). The average molecular weight is 425 g/mol. The highest BCUT2D eigenvalue weighted by Crippen LogP contribution is 2.34. The zero-order chi connectivity index (χ0) is 20.7. The third-order valence-electron chi connectivity index (χ3n) is 4.36. The zero-order valence-corrected chi connectivity index (χ0v) is 16.0. The van der Waals surface area contributed by atoms with E-state index in [0.29, 0.717) is 19.2 Å². The van der Waals surface area contributed by atoms with Gasteiger partial charge in [-0.1, -0.05) is 0 Å². The third kappa shape index (κ3) is 6.40. The van der Waals surface area contributed by atoms with Gasteiger partial charge < -0.3 is 19.9 Å². The van der Waals surface area contributed by atoms with Crippen LogP contribution in [0.2, 0.25) is 0 Å². The van der Waals surface area contributed by atoms with Crippen molar-refractivity contribution in [3.8, 4) is 0 Å². The monoisotopic (exact) mass is 425 g/mol. The van der Waals surface area contributed by atoms with Gasteiger partial charge >= 0.3 is 12.1 Å². The van der Waals surface area contributed by atoms with E-state index in [1.54, 1.807) is 18.4 Å². The van der Waals surface area contributed by atoms with Crippen LogP contribution in [0.5, 0.6) is 0 Å². The molecule has 0 bridgehead atoms. The maximum Gasteiger partial charge on any atom is 0.490 e. The van der Waals surface area contributed by atoms with Gasteiger partial charge in [-0.05, 0) is 6.42 Å². The summed E-state index contributed by atoms with van der Waals surface area (Å²) in [4.78, 5) is 27.7. The van der Waals surface area contributed by atoms with Gasteiger partial charge in [-0.15, -0.1) is 11.3 Å². The molecule has 0 spiro atoms. The van der Waals surface area contributed by atoms with E-state index >= 15 is 0 Å². The number of amides is 1. The van der Waals surface area contributed by atoms with Crippen LogP contribution in [0.3, 0.4) is 0 Å². The minimum Gasteiger partial charge on any atom is -0.475 e. The highest BCUT2D eigenvalue weighted by molar-refractivity contribution is 7.09. The number of likely N-dealkylation sites (tertiary alicyclic amines) is 1. The van der Waals surface area contributed by atoms with Crippen molar-refractivity contribution in [2.45, 2.75) is 43.8 Å². The molecular weight excluding hydrogens is 403 g/mol. The van der Waals surface area contributed by atoms with Crippen molar-refractivity contribution >= 4 is 23.2 Å². The number of nitrogens with one attached hydrogen (secondary N) is 1. The predicted molar refractivity (Wildman–Crippen MR) is 92.8 cm³/mol. The number of carboxylic acid groups (broad SMARTS) is 1. The quantitative estimate of drug-likeness (QED) is 0.662. The van der Waals surface area contributed by atoms with Gasteiger partial charge in [0.1, 0.15) is 11.1 Å². The fourth-order valence-corrected chi connectivity index (χ4v) is 3.73. The second-order valence-corrected chi connectivity index (χ2v) is 7.22. The molecule has 2 saturated heterocycles. The van der Waals surface area contributed by atoms with Gasteiger partial charge in [0.2, 0.25) is 5.91 Å². The fraction of sp³-hybridized carbons (Fsp3) is 0.688. The van der Waals surface area contributed by atoms with Crippen LogP contribution in [0.4, 0.5) is 13.2 Å². The molecule has 12 heteroatoms. The number of nitrogens with zero attached hydrogens (tertiary/aromatic N) is 2. The van der Waals surface area contributed by atoms with Gasteiger partial charge in [0.05, 0.1) is 19.3 Å². The molecule has 2 aliphatic heterocycles. The van der Waals surface area contributed by atoms with Crippen LogP contribution < -0.4 is 5.32 Å². The van der Waals surface area contributed by atoms with E-state index in [1.165, 1.54) is 0 Å². The zero-order valence-electron chi connectivity index (χ0n) is 15.1. The summed E-state index contributed by atoms with van der Waals surface area (Å²) in [6.07, 6.45) is -1.61. The van der Waals surface area contributed by atoms with Gasteiger partial charge in [0, 0.05) is 44.2 Å². The molecule has 0 saturated carbocycles. The van der Waals surface area contributed by atoms with Crippen molar-refractivity contribution in [3.05, 3.63) is 16.6 Å². The van der Waals surface area contributed by atoms with Crippen molar-refractivity contribution in [1.29, 1.82) is 0 Å². The van der Waals surface area contributed by atoms with E-state index in [4.69, 9.17) is 19.4 Å². The Balaban J connectivity index is 0.000000345. The Kier molecular flexibility index (Phi) is 8.16.